The number of para-hydroxylation sites is 2. The maximum absolute atomic E-state index is 12.1. The number of carbonyl (C=O) groups is 1. The second-order valence-electron chi connectivity index (χ2n) is 5.67. The first-order valence-corrected chi connectivity index (χ1v) is 7.14. The van der Waals surface area contributed by atoms with Gasteiger partial charge in [0, 0.05) is 11.1 Å². The molecule has 0 aromatic heterocycles. The number of ether oxygens (including phenoxy) is 1. The summed E-state index contributed by atoms with van der Waals surface area (Å²) in [6.45, 7) is 4.10. The van der Waals surface area contributed by atoms with Crippen LogP contribution in [0.2, 0.25) is 0 Å². The van der Waals surface area contributed by atoms with Crippen molar-refractivity contribution in [3.8, 4) is 11.5 Å². The molecular weight excluding hydrogens is 260 g/mol. The predicted molar refractivity (Wildman–Crippen MR) is 83.9 cm³/mol. The second kappa shape index (κ2) is 5.21. The summed E-state index contributed by atoms with van der Waals surface area (Å²) in [5, 5.41) is 0. The van der Waals surface area contributed by atoms with Crippen LogP contribution in [0.5, 0.6) is 11.5 Å². The minimum Gasteiger partial charge on any atom is -0.457 e. The van der Waals surface area contributed by atoms with E-state index in [1.807, 2.05) is 48.5 Å². The third-order valence-corrected chi connectivity index (χ3v) is 3.99. The van der Waals surface area contributed by atoms with Gasteiger partial charge in [0.05, 0.1) is 5.41 Å². The SMILES string of the molecule is CC(C)=CCC1(C=O)c2ccccc2Oc2ccccc21. The van der Waals surface area contributed by atoms with Crippen LogP contribution in [0.4, 0.5) is 0 Å². The van der Waals surface area contributed by atoms with E-state index in [1.165, 1.54) is 5.57 Å². The summed E-state index contributed by atoms with van der Waals surface area (Å²) in [5.74, 6) is 1.54. The fraction of sp³-hybridized carbons (Fsp3) is 0.211. The number of aldehydes is 1. The maximum atomic E-state index is 12.1. The molecule has 0 unspecified atom stereocenters. The zero-order valence-corrected chi connectivity index (χ0v) is 12.3. The molecule has 0 fully saturated rings. The Bertz CT molecular complexity index is 664. The third-order valence-electron chi connectivity index (χ3n) is 3.99. The van der Waals surface area contributed by atoms with Crippen molar-refractivity contribution in [2.75, 3.05) is 0 Å². The number of hydrogen-bond acceptors (Lipinski definition) is 2. The Morgan fingerprint density at radius 2 is 1.52 bits per heavy atom. The van der Waals surface area contributed by atoms with Crippen molar-refractivity contribution < 1.29 is 9.53 Å². The lowest BCUT2D eigenvalue weighted by atomic mass is 9.71. The van der Waals surface area contributed by atoms with Gasteiger partial charge in [0.2, 0.25) is 0 Å². The second-order valence-corrected chi connectivity index (χ2v) is 5.67. The molecule has 21 heavy (non-hydrogen) atoms. The Hall–Kier alpha value is -2.35. The van der Waals surface area contributed by atoms with Gasteiger partial charge in [0.1, 0.15) is 17.8 Å². The van der Waals surface area contributed by atoms with Gasteiger partial charge >= 0.3 is 0 Å². The maximum Gasteiger partial charge on any atom is 0.135 e. The summed E-state index contributed by atoms with van der Waals surface area (Å²) >= 11 is 0. The minimum atomic E-state index is -0.664. The van der Waals surface area contributed by atoms with Crippen molar-refractivity contribution in [2.24, 2.45) is 0 Å². The van der Waals surface area contributed by atoms with E-state index in [2.05, 4.69) is 19.9 Å². The van der Waals surface area contributed by atoms with Gasteiger partial charge in [0.15, 0.2) is 0 Å². The molecule has 0 saturated heterocycles. The lowest BCUT2D eigenvalue weighted by Gasteiger charge is -2.35. The smallest absolute Gasteiger partial charge is 0.135 e. The average Bonchev–Trinajstić information content (AvgIpc) is 2.51. The Balaban J connectivity index is 2.26. The quantitative estimate of drug-likeness (QED) is 0.604. The number of hydrogen-bond donors (Lipinski definition) is 0. The summed E-state index contributed by atoms with van der Waals surface area (Å²) in [4.78, 5) is 12.1. The lowest BCUT2D eigenvalue weighted by molar-refractivity contribution is -0.111. The normalized spacial score (nSPS) is 14.4. The van der Waals surface area contributed by atoms with Crippen LogP contribution >= 0.6 is 0 Å². The summed E-state index contributed by atoms with van der Waals surface area (Å²) < 4.78 is 5.96. The third kappa shape index (κ3) is 2.17. The zero-order valence-electron chi connectivity index (χ0n) is 12.3. The molecule has 0 spiro atoms. The van der Waals surface area contributed by atoms with Gasteiger partial charge in [-0.3, -0.25) is 0 Å². The number of carbonyl (C=O) groups excluding carboxylic acids is 1. The standard InChI is InChI=1S/C19H18O2/c1-14(2)11-12-19(13-20)15-7-3-5-9-17(15)21-18-10-6-4-8-16(18)19/h3-11,13H,12H2,1-2H3. The highest BCUT2D eigenvalue weighted by atomic mass is 16.5. The van der Waals surface area contributed by atoms with Crippen molar-refractivity contribution in [3.63, 3.8) is 0 Å². The van der Waals surface area contributed by atoms with Crippen LogP contribution in [0, 0.1) is 0 Å². The fourth-order valence-corrected chi connectivity index (χ4v) is 2.87. The molecule has 2 heteroatoms. The average molecular weight is 278 g/mol. The van der Waals surface area contributed by atoms with Crippen molar-refractivity contribution in [3.05, 3.63) is 71.3 Å². The Morgan fingerprint density at radius 3 is 2.00 bits per heavy atom. The molecule has 3 rings (SSSR count). The summed E-state index contributed by atoms with van der Waals surface area (Å²) in [5.41, 5.74) is 2.42. The van der Waals surface area contributed by atoms with Crippen molar-refractivity contribution in [2.45, 2.75) is 25.7 Å². The van der Waals surface area contributed by atoms with Crippen LogP contribution in [-0.4, -0.2) is 6.29 Å². The van der Waals surface area contributed by atoms with Gasteiger partial charge < -0.3 is 9.53 Å². The molecule has 2 aromatic rings. The topological polar surface area (TPSA) is 26.3 Å². The molecule has 1 aliphatic rings. The highest BCUT2D eigenvalue weighted by molar-refractivity contribution is 5.80. The fourth-order valence-electron chi connectivity index (χ4n) is 2.87. The summed E-state index contributed by atoms with van der Waals surface area (Å²) in [7, 11) is 0. The van der Waals surface area contributed by atoms with Crippen molar-refractivity contribution >= 4 is 6.29 Å². The van der Waals surface area contributed by atoms with Crippen LogP contribution in [0.1, 0.15) is 31.4 Å². The number of fused-ring (bicyclic) bond motifs is 2. The Morgan fingerprint density at radius 1 is 1.00 bits per heavy atom. The van der Waals surface area contributed by atoms with E-state index in [0.29, 0.717) is 6.42 Å². The molecule has 0 amide bonds. The van der Waals surface area contributed by atoms with E-state index in [4.69, 9.17) is 4.74 Å². The lowest BCUT2D eigenvalue weighted by Crippen LogP contribution is -2.32. The van der Waals surface area contributed by atoms with Crippen LogP contribution in [-0.2, 0) is 10.2 Å². The molecule has 2 aromatic carbocycles. The molecule has 0 bridgehead atoms. The van der Waals surface area contributed by atoms with E-state index in [-0.39, 0.29) is 0 Å². The molecule has 0 aliphatic carbocycles. The molecule has 1 aliphatic heterocycles. The molecule has 0 atom stereocenters. The van der Waals surface area contributed by atoms with Crippen LogP contribution in [0.3, 0.4) is 0 Å². The zero-order chi connectivity index (χ0) is 14.9. The number of allylic oxidation sites excluding steroid dienone is 2. The van der Waals surface area contributed by atoms with Crippen molar-refractivity contribution in [1.29, 1.82) is 0 Å². The van der Waals surface area contributed by atoms with Crippen molar-refractivity contribution in [1.82, 2.24) is 0 Å². The van der Waals surface area contributed by atoms with E-state index in [1.54, 1.807) is 0 Å². The number of benzene rings is 2. The molecular formula is C19H18O2. The van der Waals surface area contributed by atoms with Gasteiger partial charge in [-0.05, 0) is 32.4 Å². The molecule has 1 heterocycles. The Kier molecular flexibility index (Phi) is 3.38. The number of rotatable bonds is 3. The molecule has 106 valence electrons. The predicted octanol–water partition coefficient (Wildman–Crippen LogP) is 4.63. The van der Waals surface area contributed by atoms with E-state index in [0.717, 1.165) is 28.9 Å². The highest BCUT2D eigenvalue weighted by Crippen LogP contribution is 2.48. The van der Waals surface area contributed by atoms with Gasteiger partial charge in [-0.25, -0.2) is 0 Å². The Labute approximate surface area is 125 Å². The van der Waals surface area contributed by atoms with Crippen LogP contribution in [0.15, 0.2) is 60.2 Å². The summed E-state index contributed by atoms with van der Waals surface area (Å²) in [6.07, 6.45) is 3.83. The molecule has 2 nitrogen and oxygen atoms in total. The molecule has 0 radical (unpaired) electrons. The van der Waals surface area contributed by atoms with Crippen LogP contribution in [0.25, 0.3) is 0 Å². The largest absolute Gasteiger partial charge is 0.457 e. The summed E-state index contributed by atoms with van der Waals surface area (Å²) in [6, 6.07) is 15.6. The first kappa shape index (κ1) is 13.6. The molecule has 0 saturated carbocycles. The highest BCUT2D eigenvalue weighted by Gasteiger charge is 2.41. The van der Waals surface area contributed by atoms with Crippen LogP contribution < -0.4 is 4.74 Å². The first-order valence-electron chi connectivity index (χ1n) is 7.14. The monoisotopic (exact) mass is 278 g/mol. The van der Waals surface area contributed by atoms with E-state index < -0.39 is 5.41 Å². The van der Waals surface area contributed by atoms with E-state index in [9.17, 15) is 4.79 Å². The van der Waals surface area contributed by atoms with Gasteiger partial charge in [-0.2, -0.15) is 0 Å². The minimum absolute atomic E-state index is 0.649. The van der Waals surface area contributed by atoms with Gasteiger partial charge in [0.25, 0.3) is 0 Å². The van der Waals surface area contributed by atoms with Gasteiger partial charge in [-0.15, -0.1) is 0 Å². The van der Waals surface area contributed by atoms with E-state index >= 15 is 0 Å². The first-order chi connectivity index (χ1) is 10.2. The van der Waals surface area contributed by atoms with Gasteiger partial charge in [-0.1, -0.05) is 48.0 Å². The molecule has 0 N–H and O–H groups in total.